The van der Waals surface area contributed by atoms with Crippen LogP contribution in [0, 0.1) is 0 Å². The lowest BCUT2D eigenvalue weighted by atomic mass is 10.2. The van der Waals surface area contributed by atoms with Gasteiger partial charge in [-0.05, 0) is 19.1 Å². The summed E-state index contributed by atoms with van der Waals surface area (Å²) in [6.45, 7) is 1.90. The third-order valence-corrected chi connectivity index (χ3v) is 4.28. The van der Waals surface area contributed by atoms with Gasteiger partial charge in [-0.2, -0.15) is 0 Å². The van der Waals surface area contributed by atoms with Crippen molar-refractivity contribution in [3.05, 3.63) is 18.2 Å². The molecule has 0 unspecified atom stereocenters. The number of amides is 1. The number of esters is 1. The van der Waals surface area contributed by atoms with E-state index in [0.717, 1.165) is 11.8 Å². The maximum absolute atomic E-state index is 12.4. The smallest absolute Gasteiger partial charge is 0.316 e. The van der Waals surface area contributed by atoms with Crippen LogP contribution in [0.25, 0.3) is 0 Å². The van der Waals surface area contributed by atoms with Crippen LogP contribution in [-0.4, -0.2) is 53.2 Å². The monoisotopic (exact) mass is 395 g/mol. The van der Waals surface area contributed by atoms with Crippen LogP contribution in [0.1, 0.15) is 6.92 Å². The number of nitrogens with one attached hydrogen (secondary N) is 1. The van der Waals surface area contributed by atoms with Gasteiger partial charge in [-0.25, -0.2) is 0 Å². The van der Waals surface area contributed by atoms with E-state index in [4.69, 9.17) is 19.9 Å². The first kappa shape index (κ1) is 20.4. The fraction of sp³-hybridized carbons (Fsp3) is 0.375. The number of carbonyl (C=O) groups excluding carboxylic acids is 2. The van der Waals surface area contributed by atoms with Crippen molar-refractivity contribution in [2.24, 2.45) is 0 Å². The third kappa shape index (κ3) is 5.51. The Hall–Kier alpha value is -2.95. The Balaban J connectivity index is 2.03. The van der Waals surface area contributed by atoms with Crippen molar-refractivity contribution in [1.29, 1.82) is 0 Å². The average molecular weight is 395 g/mol. The van der Waals surface area contributed by atoms with E-state index in [-0.39, 0.29) is 30.1 Å². The van der Waals surface area contributed by atoms with Gasteiger partial charge in [-0.1, -0.05) is 11.8 Å². The topological polar surface area (TPSA) is 131 Å². The minimum atomic E-state index is -0.384. The fourth-order valence-corrected chi connectivity index (χ4v) is 2.88. The second kappa shape index (κ2) is 9.67. The number of hydrogen-bond donors (Lipinski definition) is 2. The maximum atomic E-state index is 12.4. The molecule has 0 saturated carbocycles. The second-order valence-electron chi connectivity index (χ2n) is 5.14. The van der Waals surface area contributed by atoms with E-state index in [0.29, 0.717) is 28.9 Å². The zero-order chi connectivity index (χ0) is 19.8. The van der Waals surface area contributed by atoms with E-state index in [1.165, 1.54) is 18.8 Å². The largest absolute Gasteiger partial charge is 0.493 e. The van der Waals surface area contributed by atoms with E-state index in [1.54, 1.807) is 25.1 Å². The Morgan fingerprint density at radius 2 is 1.96 bits per heavy atom. The molecular weight excluding hydrogens is 374 g/mol. The Morgan fingerprint density at radius 3 is 2.63 bits per heavy atom. The molecule has 3 N–H and O–H groups in total. The van der Waals surface area contributed by atoms with E-state index in [9.17, 15) is 9.59 Å². The number of thioether (sulfide) groups is 1. The lowest BCUT2D eigenvalue weighted by molar-refractivity contribution is -0.139. The first-order chi connectivity index (χ1) is 13.0. The molecule has 1 amide bonds. The molecule has 1 aromatic carbocycles. The molecule has 11 heteroatoms. The average Bonchev–Trinajstić information content (AvgIpc) is 2.99. The molecule has 1 aromatic heterocycles. The second-order valence-corrected chi connectivity index (χ2v) is 6.08. The predicted molar refractivity (Wildman–Crippen MR) is 100.0 cm³/mol. The summed E-state index contributed by atoms with van der Waals surface area (Å²) in [5.41, 5.74) is 6.31. The van der Waals surface area contributed by atoms with Gasteiger partial charge >= 0.3 is 5.97 Å². The highest BCUT2D eigenvalue weighted by atomic mass is 32.2. The molecule has 0 saturated heterocycles. The molecule has 2 aromatic rings. The van der Waals surface area contributed by atoms with Gasteiger partial charge in [-0.15, -0.1) is 10.2 Å². The van der Waals surface area contributed by atoms with Gasteiger partial charge in [0.2, 0.25) is 11.9 Å². The van der Waals surface area contributed by atoms with Gasteiger partial charge in [0.15, 0.2) is 16.7 Å². The summed E-state index contributed by atoms with van der Waals surface area (Å²) in [6.07, 6.45) is 0. The predicted octanol–water partition coefficient (Wildman–Crippen LogP) is 1.17. The Morgan fingerprint density at radius 1 is 1.22 bits per heavy atom. The molecule has 0 bridgehead atoms. The highest BCUT2D eigenvalue weighted by Crippen LogP contribution is 2.29. The van der Waals surface area contributed by atoms with Crippen LogP contribution in [0.15, 0.2) is 23.4 Å². The molecule has 0 radical (unpaired) electrons. The summed E-state index contributed by atoms with van der Waals surface area (Å²) in [5, 5.41) is 10.7. The first-order valence-electron chi connectivity index (χ1n) is 7.97. The number of rotatable bonds is 9. The van der Waals surface area contributed by atoms with Gasteiger partial charge in [0, 0.05) is 11.8 Å². The van der Waals surface area contributed by atoms with E-state index >= 15 is 0 Å². The van der Waals surface area contributed by atoms with Crippen LogP contribution in [-0.2, 0) is 20.9 Å². The lowest BCUT2D eigenvalue weighted by Crippen LogP contribution is -2.20. The molecule has 0 aliphatic heterocycles. The van der Waals surface area contributed by atoms with Crippen LogP contribution in [0.2, 0.25) is 0 Å². The van der Waals surface area contributed by atoms with Crippen molar-refractivity contribution < 1.29 is 23.8 Å². The van der Waals surface area contributed by atoms with Crippen molar-refractivity contribution in [1.82, 2.24) is 14.8 Å². The molecule has 0 aliphatic rings. The van der Waals surface area contributed by atoms with Crippen molar-refractivity contribution in [2.45, 2.75) is 18.6 Å². The fourth-order valence-electron chi connectivity index (χ4n) is 2.14. The molecule has 27 heavy (non-hydrogen) atoms. The molecule has 2 rings (SSSR count). The van der Waals surface area contributed by atoms with Gasteiger partial charge < -0.3 is 25.3 Å². The maximum Gasteiger partial charge on any atom is 0.316 e. The molecule has 0 atom stereocenters. The molecule has 0 aliphatic carbocycles. The minimum absolute atomic E-state index is 0.0449. The first-order valence-corrected chi connectivity index (χ1v) is 8.96. The van der Waals surface area contributed by atoms with Crippen LogP contribution in [0.3, 0.4) is 0 Å². The number of nitrogens with zero attached hydrogens (tertiary/aromatic N) is 3. The zero-order valence-electron chi connectivity index (χ0n) is 15.2. The van der Waals surface area contributed by atoms with Crippen molar-refractivity contribution in [3.8, 4) is 11.5 Å². The number of carbonyl (C=O) groups is 2. The summed E-state index contributed by atoms with van der Waals surface area (Å²) >= 11 is 1.09. The van der Waals surface area contributed by atoms with Crippen molar-refractivity contribution >= 4 is 35.3 Å². The van der Waals surface area contributed by atoms with Crippen molar-refractivity contribution in [3.63, 3.8) is 0 Å². The quantitative estimate of drug-likeness (QED) is 0.474. The number of aromatic nitrogens is 3. The SMILES string of the molecule is CCOC(=O)CSc1nnc(N)n1CC(=O)Nc1ccc(OC)c(OC)c1. The Kier molecular flexibility index (Phi) is 7.29. The summed E-state index contributed by atoms with van der Waals surface area (Å²) in [6, 6.07) is 5.01. The number of anilines is 2. The molecular formula is C16H21N5O5S. The van der Waals surface area contributed by atoms with Crippen LogP contribution < -0.4 is 20.5 Å². The Bertz CT molecular complexity index is 810. The molecule has 10 nitrogen and oxygen atoms in total. The number of methoxy groups -OCH3 is 2. The van der Waals surface area contributed by atoms with Gasteiger partial charge in [0.05, 0.1) is 26.6 Å². The minimum Gasteiger partial charge on any atom is -0.493 e. The molecule has 0 spiro atoms. The summed E-state index contributed by atoms with van der Waals surface area (Å²) < 4.78 is 16.6. The molecule has 146 valence electrons. The highest BCUT2D eigenvalue weighted by Gasteiger charge is 2.16. The Labute approximate surface area is 160 Å². The molecule has 1 heterocycles. The highest BCUT2D eigenvalue weighted by molar-refractivity contribution is 7.99. The third-order valence-electron chi connectivity index (χ3n) is 3.34. The number of nitrogens with two attached hydrogens (primary N) is 1. The van der Waals surface area contributed by atoms with Gasteiger partial charge in [0.1, 0.15) is 6.54 Å². The number of nitrogen functional groups attached to an aromatic ring is 1. The number of benzene rings is 1. The van der Waals surface area contributed by atoms with E-state index < -0.39 is 0 Å². The van der Waals surface area contributed by atoms with Crippen molar-refractivity contribution in [2.75, 3.05) is 37.6 Å². The van der Waals surface area contributed by atoms with Gasteiger partial charge in [-0.3, -0.25) is 14.2 Å². The zero-order valence-corrected chi connectivity index (χ0v) is 16.0. The van der Waals surface area contributed by atoms with Crippen LogP contribution >= 0.6 is 11.8 Å². The lowest BCUT2D eigenvalue weighted by Gasteiger charge is -2.11. The standard InChI is InChI=1S/C16H21N5O5S/c1-4-26-14(23)9-27-16-20-19-15(17)21(16)8-13(22)18-10-5-6-11(24-2)12(7-10)25-3/h5-7H,4,8-9H2,1-3H3,(H2,17,19)(H,18,22). The summed E-state index contributed by atoms with van der Waals surface area (Å²) in [4.78, 5) is 23.8. The van der Waals surface area contributed by atoms with E-state index in [2.05, 4.69) is 15.5 Å². The van der Waals surface area contributed by atoms with Crippen LogP contribution in [0.5, 0.6) is 11.5 Å². The van der Waals surface area contributed by atoms with Crippen LogP contribution in [0.4, 0.5) is 11.6 Å². The van der Waals surface area contributed by atoms with Gasteiger partial charge in [0.25, 0.3) is 0 Å². The number of ether oxygens (including phenoxy) is 3. The molecule has 0 fully saturated rings. The van der Waals surface area contributed by atoms with E-state index in [1.807, 2.05) is 0 Å². The number of hydrogen-bond acceptors (Lipinski definition) is 9. The summed E-state index contributed by atoms with van der Waals surface area (Å²) in [5.74, 6) is 0.436. The summed E-state index contributed by atoms with van der Waals surface area (Å²) in [7, 11) is 3.04. The normalized spacial score (nSPS) is 10.3.